The molecule has 174 valence electrons. The maximum atomic E-state index is 13.0. The summed E-state index contributed by atoms with van der Waals surface area (Å²) in [6.07, 6.45) is 0.501. The summed E-state index contributed by atoms with van der Waals surface area (Å²) in [6.45, 7) is 2.05. The van der Waals surface area contributed by atoms with Crippen molar-refractivity contribution in [3.05, 3.63) is 72.3 Å². The first-order valence-corrected chi connectivity index (χ1v) is 10.8. The molecule has 4 heterocycles. The second kappa shape index (κ2) is 8.77. The molecule has 7 nitrogen and oxygen atoms in total. The lowest BCUT2D eigenvalue weighted by Crippen LogP contribution is -2.49. The summed E-state index contributed by atoms with van der Waals surface area (Å²) in [5, 5.41) is 0.880. The minimum Gasteiger partial charge on any atom is -0.352 e. The highest BCUT2D eigenvalue weighted by Crippen LogP contribution is 2.30. The van der Waals surface area contributed by atoms with Gasteiger partial charge in [0.15, 0.2) is 0 Å². The van der Waals surface area contributed by atoms with Crippen molar-refractivity contribution in [2.75, 3.05) is 31.1 Å². The summed E-state index contributed by atoms with van der Waals surface area (Å²) in [5.74, 6) is 0.591. The van der Waals surface area contributed by atoms with Crippen molar-refractivity contribution in [2.45, 2.75) is 12.6 Å². The summed E-state index contributed by atoms with van der Waals surface area (Å²) in [6, 6.07) is 10.7. The van der Waals surface area contributed by atoms with Crippen LogP contribution in [0.5, 0.6) is 0 Å². The Balaban J connectivity index is 1.27. The van der Waals surface area contributed by atoms with Crippen molar-refractivity contribution in [1.82, 2.24) is 24.8 Å². The Hall–Kier alpha value is -3.95. The predicted octanol–water partition coefficient (Wildman–Crippen LogP) is 3.93. The molecular formula is C24H21F3N6O. The number of alkyl halides is 3. The smallest absolute Gasteiger partial charge is 0.352 e. The number of amides is 1. The van der Waals surface area contributed by atoms with Gasteiger partial charge in [0.25, 0.3) is 0 Å². The molecule has 4 aromatic rings. The van der Waals surface area contributed by atoms with Gasteiger partial charge in [0, 0.05) is 49.8 Å². The minimum absolute atomic E-state index is 0.0616. The summed E-state index contributed by atoms with van der Waals surface area (Å²) in [7, 11) is 0. The van der Waals surface area contributed by atoms with E-state index in [-0.39, 0.29) is 12.3 Å². The predicted molar refractivity (Wildman–Crippen MR) is 121 cm³/mol. The van der Waals surface area contributed by atoms with E-state index in [4.69, 9.17) is 0 Å². The van der Waals surface area contributed by atoms with Gasteiger partial charge in [0.05, 0.1) is 17.4 Å². The molecule has 1 aliphatic heterocycles. The maximum absolute atomic E-state index is 13.0. The number of aromatic nitrogens is 4. The van der Waals surface area contributed by atoms with Gasteiger partial charge in [0.1, 0.15) is 17.8 Å². The molecule has 10 heteroatoms. The molecule has 1 saturated heterocycles. The zero-order valence-corrected chi connectivity index (χ0v) is 18.1. The second-order valence-corrected chi connectivity index (χ2v) is 8.13. The molecule has 34 heavy (non-hydrogen) atoms. The zero-order valence-electron chi connectivity index (χ0n) is 18.1. The fourth-order valence-corrected chi connectivity index (χ4v) is 4.17. The van der Waals surface area contributed by atoms with Gasteiger partial charge in [-0.25, -0.2) is 9.97 Å². The lowest BCUT2D eigenvalue weighted by molar-refractivity contribution is -0.138. The molecule has 0 radical (unpaired) electrons. The summed E-state index contributed by atoms with van der Waals surface area (Å²) in [4.78, 5) is 32.8. The molecule has 0 unspecified atom stereocenters. The average molecular weight is 466 g/mol. The summed E-state index contributed by atoms with van der Waals surface area (Å²) in [5.41, 5.74) is 2.16. The number of halogens is 3. The van der Waals surface area contributed by atoms with Crippen LogP contribution in [-0.2, 0) is 17.4 Å². The van der Waals surface area contributed by atoms with Crippen molar-refractivity contribution < 1.29 is 18.0 Å². The number of carbonyl (C=O) groups is 1. The number of hydrogen-bond donors (Lipinski definition) is 1. The van der Waals surface area contributed by atoms with Crippen LogP contribution in [0.3, 0.4) is 0 Å². The van der Waals surface area contributed by atoms with Crippen LogP contribution in [0.2, 0.25) is 0 Å². The number of anilines is 1. The number of nitrogens with zero attached hydrogens (tertiary/aromatic N) is 5. The topological polar surface area (TPSA) is 78.0 Å². The molecule has 1 amide bonds. The molecule has 3 aromatic heterocycles. The van der Waals surface area contributed by atoms with Crippen LogP contribution in [0.15, 0.2) is 61.2 Å². The van der Waals surface area contributed by atoms with E-state index >= 15 is 0 Å². The lowest BCUT2D eigenvalue weighted by atomic mass is 10.1. The number of pyridine rings is 1. The van der Waals surface area contributed by atoms with Crippen molar-refractivity contribution in [3.8, 4) is 11.3 Å². The van der Waals surface area contributed by atoms with Gasteiger partial charge >= 0.3 is 6.18 Å². The number of rotatable bonds is 4. The number of benzene rings is 1. The zero-order chi connectivity index (χ0) is 23.7. The van der Waals surface area contributed by atoms with Crippen LogP contribution in [-0.4, -0.2) is 56.9 Å². The fourth-order valence-electron chi connectivity index (χ4n) is 4.17. The Bertz CT molecular complexity index is 1310. The van der Waals surface area contributed by atoms with Crippen molar-refractivity contribution in [1.29, 1.82) is 0 Å². The number of nitrogens with one attached hydrogen (secondary N) is 1. The third kappa shape index (κ3) is 4.43. The molecule has 5 rings (SSSR count). The molecule has 1 aliphatic rings. The first kappa shape index (κ1) is 21.9. The van der Waals surface area contributed by atoms with Crippen molar-refractivity contribution in [2.24, 2.45) is 0 Å². The fraction of sp³-hybridized carbons (Fsp3) is 0.250. The van der Waals surface area contributed by atoms with E-state index in [1.165, 1.54) is 12.4 Å². The highest BCUT2D eigenvalue weighted by molar-refractivity contribution is 5.92. The van der Waals surface area contributed by atoms with E-state index in [2.05, 4.69) is 24.8 Å². The summed E-state index contributed by atoms with van der Waals surface area (Å²) >= 11 is 0. The number of fused-ring (bicyclic) bond motifs is 1. The monoisotopic (exact) mass is 466 g/mol. The Morgan fingerprint density at radius 3 is 2.59 bits per heavy atom. The number of piperazine rings is 1. The van der Waals surface area contributed by atoms with Crippen LogP contribution >= 0.6 is 0 Å². The number of hydrogen-bond acceptors (Lipinski definition) is 5. The Morgan fingerprint density at radius 1 is 1.03 bits per heavy atom. The van der Waals surface area contributed by atoms with E-state index in [1.807, 2.05) is 18.2 Å². The largest absolute Gasteiger partial charge is 0.416 e. The Kier molecular flexibility index (Phi) is 5.64. The van der Waals surface area contributed by atoms with E-state index in [9.17, 15) is 18.0 Å². The number of H-pyrrole nitrogens is 1. The molecule has 0 saturated carbocycles. The van der Waals surface area contributed by atoms with Crippen LogP contribution < -0.4 is 4.90 Å². The highest BCUT2D eigenvalue weighted by Gasteiger charge is 2.31. The minimum atomic E-state index is -4.43. The molecule has 0 spiro atoms. The molecular weight excluding hydrogens is 445 g/mol. The van der Waals surface area contributed by atoms with Crippen molar-refractivity contribution in [3.63, 3.8) is 0 Å². The van der Waals surface area contributed by atoms with Crippen LogP contribution in [0.4, 0.5) is 19.0 Å². The van der Waals surface area contributed by atoms with Gasteiger partial charge in [-0.3, -0.25) is 9.78 Å². The molecule has 1 aromatic carbocycles. The molecule has 1 N–H and O–H groups in total. The average Bonchev–Trinajstić information content (AvgIpc) is 3.29. The van der Waals surface area contributed by atoms with Gasteiger partial charge in [-0.15, -0.1) is 0 Å². The van der Waals surface area contributed by atoms with E-state index in [1.54, 1.807) is 23.4 Å². The molecule has 1 fully saturated rings. The van der Waals surface area contributed by atoms with Crippen LogP contribution in [0.25, 0.3) is 22.3 Å². The quantitative estimate of drug-likeness (QED) is 0.493. The van der Waals surface area contributed by atoms with E-state index < -0.39 is 11.7 Å². The normalized spacial score (nSPS) is 14.6. The van der Waals surface area contributed by atoms with Crippen molar-refractivity contribution >= 4 is 22.8 Å². The standard InChI is InChI=1S/C24H21F3N6O/c25-24(26,27)18-5-1-3-16(11-18)12-21(34)32-7-9-33(10-8-32)23-19-13-20(17-4-2-6-28-14-17)31-22(19)29-15-30-23/h1-6,11,13-15H,7-10,12H2,(H,29,30,31). The third-order valence-corrected chi connectivity index (χ3v) is 5.92. The molecule has 0 aliphatic carbocycles. The first-order chi connectivity index (χ1) is 16.4. The number of carbonyl (C=O) groups excluding carboxylic acids is 1. The van der Waals surface area contributed by atoms with Gasteiger partial charge in [-0.2, -0.15) is 13.2 Å². The van der Waals surface area contributed by atoms with Gasteiger partial charge in [0.2, 0.25) is 5.91 Å². The van der Waals surface area contributed by atoms with Gasteiger partial charge in [-0.1, -0.05) is 18.2 Å². The lowest BCUT2D eigenvalue weighted by Gasteiger charge is -2.35. The Labute approximate surface area is 193 Å². The molecule has 0 atom stereocenters. The number of aromatic amines is 1. The summed E-state index contributed by atoms with van der Waals surface area (Å²) < 4.78 is 38.9. The Morgan fingerprint density at radius 2 is 1.85 bits per heavy atom. The molecule has 0 bridgehead atoms. The van der Waals surface area contributed by atoms with Crippen LogP contribution in [0, 0.1) is 0 Å². The highest BCUT2D eigenvalue weighted by atomic mass is 19.4. The second-order valence-electron chi connectivity index (χ2n) is 8.13. The van der Waals surface area contributed by atoms with Crippen LogP contribution in [0.1, 0.15) is 11.1 Å². The van der Waals surface area contributed by atoms with Gasteiger partial charge < -0.3 is 14.8 Å². The van der Waals surface area contributed by atoms with E-state index in [0.717, 1.165) is 34.6 Å². The SMILES string of the molecule is O=C(Cc1cccc(C(F)(F)F)c1)N1CCN(c2ncnc3[nH]c(-c4cccnc4)cc23)CC1. The third-order valence-electron chi connectivity index (χ3n) is 5.92. The maximum Gasteiger partial charge on any atom is 0.416 e. The first-order valence-electron chi connectivity index (χ1n) is 10.8. The van der Waals surface area contributed by atoms with Gasteiger partial charge in [-0.05, 0) is 29.8 Å². The van der Waals surface area contributed by atoms with E-state index in [0.29, 0.717) is 37.4 Å².